The van der Waals surface area contributed by atoms with Crippen LogP contribution in [-0.4, -0.2) is 31.1 Å². The zero-order chi connectivity index (χ0) is 25.4. The molecular formula is C24H18F3N3O5. The Morgan fingerprint density at radius 1 is 0.914 bits per heavy atom. The summed E-state index contributed by atoms with van der Waals surface area (Å²) < 4.78 is 48.2. The van der Waals surface area contributed by atoms with Crippen LogP contribution in [0, 0.1) is 0 Å². The summed E-state index contributed by atoms with van der Waals surface area (Å²) >= 11 is 0. The van der Waals surface area contributed by atoms with Crippen LogP contribution in [0.2, 0.25) is 0 Å². The molecule has 0 atom stereocenters. The van der Waals surface area contributed by atoms with E-state index in [9.17, 15) is 27.6 Å². The molecule has 0 unspecified atom stereocenters. The molecule has 0 aromatic heterocycles. The topological polar surface area (TPSA) is 106 Å². The second kappa shape index (κ2) is 11.0. The summed E-state index contributed by atoms with van der Waals surface area (Å²) in [5, 5.41) is 5.83. The minimum absolute atomic E-state index is 0.00620. The van der Waals surface area contributed by atoms with Crippen LogP contribution >= 0.6 is 0 Å². The van der Waals surface area contributed by atoms with Gasteiger partial charge in [-0.15, -0.1) is 0 Å². The highest BCUT2D eigenvalue weighted by atomic mass is 19.4. The van der Waals surface area contributed by atoms with Gasteiger partial charge in [-0.1, -0.05) is 24.3 Å². The number of nitrogens with zero attached hydrogens (tertiary/aromatic N) is 1. The van der Waals surface area contributed by atoms with Crippen LogP contribution in [0.4, 0.5) is 18.9 Å². The number of rotatable bonds is 6. The second-order valence-corrected chi connectivity index (χ2v) is 6.89. The molecule has 0 fully saturated rings. The van der Waals surface area contributed by atoms with Crippen molar-refractivity contribution < 1.29 is 37.0 Å². The van der Waals surface area contributed by atoms with Gasteiger partial charge in [0.1, 0.15) is 17.1 Å². The number of amides is 2. The third-order valence-electron chi connectivity index (χ3n) is 4.45. The predicted molar refractivity (Wildman–Crippen MR) is 120 cm³/mol. The summed E-state index contributed by atoms with van der Waals surface area (Å²) in [6, 6.07) is 16.4. The van der Waals surface area contributed by atoms with Crippen LogP contribution in [0.1, 0.15) is 21.5 Å². The van der Waals surface area contributed by atoms with Crippen LogP contribution in [0.15, 0.2) is 77.9 Å². The van der Waals surface area contributed by atoms with Gasteiger partial charge in [0, 0.05) is 5.69 Å². The number of carbonyl (C=O) groups is 3. The first-order valence-electron chi connectivity index (χ1n) is 9.94. The first-order chi connectivity index (χ1) is 16.7. The van der Waals surface area contributed by atoms with Crippen molar-refractivity contribution in [3.8, 4) is 11.5 Å². The number of esters is 1. The molecule has 0 saturated carbocycles. The lowest BCUT2D eigenvalue weighted by Gasteiger charge is -2.08. The first-order valence-corrected chi connectivity index (χ1v) is 9.94. The molecule has 8 nitrogen and oxygen atoms in total. The lowest BCUT2D eigenvalue weighted by molar-refractivity contribution is -0.137. The fourth-order valence-electron chi connectivity index (χ4n) is 2.78. The quantitative estimate of drug-likeness (QED) is 0.180. The molecule has 180 valence electrons. The summed E-state index contributed by atoms with van der Waals surface area (Å²) in [7, 11) is 1.43. The van der Waals surface area contributed by atoms with Crippen LogP contribution in [0.5, 0.6) is 11.5 Å². The van der Waals surface area contributed by atoms with Crippen molar-refractivity contribution in [3.05, 3.63) is 89.5 Å². The van der Waals surface area contributed by atoms with Gasteiger partial charge in [-0.05, 0) is 54.1 Å². The summed E-state index contributed by atoms with van der Waals surface area (Å²) in [5.41, 5.74) is 1.80. The molecule has 11 heteroatoms. The van der Waals surface area contributed by atoms with Gasteiger partial charge in [0.05, 0.1) is 18.9 Å². The van der Waals surface area contributed by atoms with Crippen molar-refractivity contribution in [2.24, 2.45) is 5.10 Å². The van der Waals surface area contributed by atoms with Crippen LogP contribution in [0.25, 0.3) is 0 Å². The molecule has 3 rings (SSSR count). The average molecular weight is 485 g/mol. The number of ether oxygens (including phenoxy) is 2. The largest absolute Gasteiger partial charge is 0.496 e. The molecule has 3 aromatic carbocycles. The van der Waals surface area contributed by atoms with E-state index in [1.165, 1.54) is 19.4 Å². The van der Waals surface area contributed by atoms with Gasteiger partial charge >= 0.3 is 24.0 Å². The fourth-order valence-corrected chi connectivity index (χ4v) is 2.78. The van der Waals surface area contributed by atoms with Gasteiger partial charge in [0.15, 0.2) is 0 Å². The molecule has 2 N–H and O–H groups in total. The van der Waals surface area contributed by atoms with Crippen molar-refractivity contribution >= 4 is 29.7 Å². The van der Waals surface area contributed by atoms with Crippen molar-refractivity contribution in [1.82, 2.24) is 5.43 Å². The molecule has 3 aromatic rings. The number of para-hydroxylation sites is 1. The maximum Gasteiger partial charge on any atom is 0.416 e. The number of alkyl halides is 3. The van der Waals surface area contributed by atoms with Crippen molar-refractivity contribution in [3.63, 3.8) is 0 Å². The predicted octanol–water partition coefficient (Wildman–Crippen LogP) is 4.02. The van der Waals surface area contributed by atoms with Gasteiger partial charge in [0.2, 0.25) is 0 Å². The van der Waals surface area contributed by atoms with E-state index in [1.54, 1.807) is 42.5 Å². The van der Waals surface area contributed by atoms with Gasteiger partial charge in [0.25, 0.3) is 0 Å². The minimum atomic E-state index is -4.52. The van der Waals surface area contributed by atoms with E-state index in [4.69, 9.17) is 9.47 Å². The Hall–Kier alpha value is -4.67. The number of halogens is 3. The Morgan fingerprint density at radius 3 is 2.31 bits per heavy atom. The number of anilines is 1. The molecule has 0 heterocycles. The highest BCUT2D eigenvalue weighted by Crippen LogP contribution is 2.29. The van der Waals surface area contributed by atoms with Crippen LogP contribution in [-0.2, 0) is 15.8 Å². The number of hydrogen-bond donors (Lipinski definition) is 2. The number of benzene rings is 3. The van der Waals surface area contributed by atoms with Crippen molar-refractivity contribution in [2.45, 2.75) is 6.18 Å². The van der Waals surface area contributed by atoms with Crippen molar-refractivity contribution in [2.75, 3.05) is 12.4 Å². The molecule has 0 spiro atoms. The third-order valence-corrected chi connectivity index (χ3v) is 4.45. The SMILES string of the molecule is COc1ccccc1C(=O)Oc1cccc(/C=N/NC(=O)C(=O)Nc2ccc(C(F)(F)F)cc2)c1. The summed E-state index contributed by atoms with van der Waals surface area (Å²) in [6.07, 6.45) is -3.30. The fraction of sp³-hybridized carbons (Fsp3) is 0.0833. The zero-order valence-corrected chi connectivity index (χ0v) is 18.1. The van der Waals surface area contributed by atoms with Crippen LogP contribution < -0.4 is 20.2 Å². The Morgan fingerprint density at radius 2 is 1.63 bits per heavy atom. The molecule has 0 aliphatic carbocycles. The van der Waals surface area contributed by atoms with E-state index >= 15 is 0 Å². The minimum Gasteiger partial charge on any atom is -0.496 e. The molecule has 0 saturated heterocycles. The standard InChI is InChI=1S/C24H18F3N3O5/c1-34-20-8-3-2-7-19(20)23(33)35-18-6-4-5-15(13-18)14-28-30-22(32)21(31)29-17-11-9-16(10-12-17)24(25,26)27/h2-14H,1H3,(H,29,31)(H,30,32)/b28-14+. The Labute approximate surface area is 197 Å². The van der Waals surface area contributed by atoms with Crippen LogP contribution in [0.3, 0.4) is 0 Å². The number of hydrogen-bond acceptors (Lipinski definition) is 6. The number of nitrogens with one attached hydrogen (secondary N) is 2. The lowest BCUT2D eigenvalue weighted by Crippen LogP contribution is -2.32. The molecule has 0 aliphatic heterocycles. The molecular weight excluding hydrogens is 467 g/mol. The van der Waals surface area contributed by atoms with E-state index in [1.807, 2.05) is 5.43 Å². The van der Waals surface area contributed by atoms with E-state index in [2.05, 4.69) is 10.4 Å². The monoisotopic (exact) mass is 485 g/mol. The normalized spacial score (nSPS) is 11.1. The summed E-state index contributed by atoms with van der Waals surface area (Å²) in [4.78, 5) is 36.2. The lowest BCUT2D eigenvalue weighted by atomic mass is 10.2. The highest BCUT2D eigenvalue weighted by Gasteiger charge is 2.30. The van der Waals surface area contributed by atoms with Gasteiger partial charge in [-0.2, -0.15) is 18.3 Å². The molecule has 0 bridgehead atoms. The van der Waals surface area contributed by atoms with Gasteiger partial charge < -0.3 is 14.8 Å². The zero-order valence-electron chi connectivity index (χ0n) is 18.1. The molecule has 0 aliphatic rings. The Kier molecular flexibility index (Phi) is 7.82. The average Bonchev–Trinajstić information content (AvgIpc) is 2.84. The summed E-state index contributed by atoms with van der Waals surface area (Å²) in [6.45, 7) is 0. The Balaban J connectivity index is 1.56. The van der Waals surface area contributed by atoms with E-state index in [0.29, 0.717) is 11.3 Å². The Bertz CT molecular complexity index is 1260. The van der Waals surface area contributed by atoms with Crippen molar-refractivity contribution in [1.29, 1.82) is 0 Å². The third kappa shape index (κ3) is 6.90. The molecule has 35 heavy (non-hydrogen) atoms. The number of carbonyl (C=O) groups excluding carboxylic acids is 3. The van der Waals surface area contributed by atoms with E-state index in [-0.39, 0.29) is 17.0 Å². The smallest absolute Gasteiger partial charge is 0.416 e. The molecule has 0 radical (unpaired) electrons. The second-order valence-electron chi connectivity index (χ2n) is 6.89. The first kappa shape index (κ1) is 25.0. The maximum atomic E-state index is 12.6. The van der Waals surface area contributed by atoms with E-state index < -0.39 is 29.5 Å². The number of hydrazone groups is 1. The summed E-state index contributed by atoms with van der Waals surface area (Å²) in [5.74, 6) is -2.34. The molecule has 2 amide bonds. The number of methoxy groups -OCH3 is 1. The van der Waals surface area contributed by atoms with Gasteiger partial charge in [-0.25, -0.2) is 10.2 Å². The highest BCUT2D eigenvalue weighted by molar-refractivity contribution is 6.39. The van der Waals surface area contributed by atoms with E-state index in [0.717, 1.165) is 24.3 Å². The maximum absolute atomic E-state index is 12.6. The van der Waals surface area contributed by atoms with Gasteiger partial charge in [-0.3, -0.25) is 9.59 Å².